The summed E-state index contributed by atoms with van der Waals surface area (Å²) in [6.45, 7) is 13.8. The van der Waals surface area contributed by atoms with Crippen LogP contribution in [0.1, 0.15) is 81.3 Å². The Hall–Kier alpha value is -2.38. The van der Waals surface area contributed by atoms with E-state index in [-0.39, 0.29) is 35.6 Å². The molecule has 0 radical (unpaired) electrons. The van der Waals surface area contributed by atoms with E-state index in [4.69, 9.17) is 23.2 Å². The quantitative estimate of drug-likeness (QED) is 0.179. The first-order chi connectivity index (χ1) is 21.8. The van der Waals surface area contributed by atoms with Crippen molar-refractivity contribution >= 4 is 59.1 Å². The third-order valence-corrected chi connectivity index (χ3v) is 11.1. The number of fused-ring (bicyclic) bond motifs is 5. The second-order valence-corrected chi connectivity index (χ2v) is 15.7. The summed E-state index contributed by atoms with van der Waals surface area (Å²) in [6, 6.07) is 27.9. The fourth-order valence-corrected chi connectivity index (χ4v) is 8.16. The van der Waals surface area contributed by atoms with Crippen LogP contribution in [0.4, 0.5) is 0 Å². The zero-order valence-corrected chi connectivity index (χ0v) is 33.6. The van der Waals surface area contributed by atoms with Gasteiger partial charge in [-0.05, 0) is 36.1 Å². The van der Waals surface area contributed by atoms with Gasteiger partial charge in [-0.3, -0.25) is 6.08 Å². The first-order valence-electron chi connectivity index (χ1n) is 15.8. The van der Waals surface area contributed by atoms with Gasteiger partial charge in [-0.15, -0.1) is 46.2 Å². The number of halogens is 4. The predicted octanol–water partition coefficient (Wildman–Crippen LogP) is 6.52. The van der Waals surface area contributed by atoms with Gasteiger partial charge >= 0.3 is 120 Å². The molecule has 0 N–H and O–H groups in total. The summed E-state index contributed by atoms with van der Waals surface area (Å²) in [5, 5.41) is 7.10. The summed E-state index contributed by atoms with van der Waals surface area (Å²) in [5.41, 5.74) is 11.2. The minimum absolute atomic E-state index is 0. The van der Waals surface area contributed by atoms with Crippen molar-refractivity contribution < 1.29 is 49.0 Å². The van der Waals surface area contributed by atoms with Crippen LogP contribution in [0.5, 0.6) is 0 Å². The molecule has 0 nitrogen and oxygen atoms in total. The van der Waals surface area contributed by atoms with Gasteiger partial charge in [0.1, 0.15) is 0 Å². The molecule has 5 heteroatoms. The Balaban J connectivity index is 0.000000195. The van der Waals surface area contributed by atoms with Gasteiger partial charge in [0.25, 0.3) is 0 Å². The zero-order valence-electron chi connectivity index (χ0n) is 28.1. The molecule has 0 saturated heterocycles. The van der Waals surface area contributed by atoms with E-state index in [2.05, 4.69) is 108 Å². The predicted molar refractivity (Wildman–Crippen MR) is 198 cm³/mol. The number of benzene rings is 4. The van der Waals surface area contributed by atoms with Gasteiger partial charge < -0.3 is 24.8 Å². The molecular formula is C43H38Cl4Zr-2. The summed E-state index contributed by atoms with van der Waals surface area (Å²) in [4.78, 5) is 0. The monoisotopic (exact) mass is 784 g/mol. The van der Waals surface area contributed by atoms with Gasteiger partial charge in [-0.25, -0.2) is 12.2 Å². The van der Waals surface area contributed by atoms with E-state index in [9.17, 15) is 0 Å². The molecule has 3 aliphatic carbocycles. The van der Waals surface area contributed by atoms with Gasteiger partial charge in [-0.1, -0.05) is 63.1 Å². The van der Waals surface area contributed by atoms with Crippen LogP contribution in [-0.4, -0.2) is 3.21 Å². The molecule has 0 aromatic heterocycles. The molecule has 0 atom stereocenters. The first kappa shape index (κ1) is 38.4. The molecule has 5 aromatic rings. The summed E-state index contributed by atoms with van der Waals surface area (Å²) in [6.07, 6.45) is 14.8. The smallest absolute Gasteiger partial charge is 0.109 e. The Labute approximate surface area is 323 Å². The maximum atomic E-state index is 5.98. The molecule has 0 saturated carbocycles. The molecule has 0 amide bonds. The Bertz CT molecular complexity index is 1990. The normalized spacial score (nSPS) is 15.6. The maximum absolute atomic E-state index is 5.98. The van der Waals surface area contributed by atoms with Gasteiger partial charge in [0.15, 0.2) is 0 Å². The van der Waals surface area contributed by atoms with E-state index in [1.54, 1.807) is 0 Å². The van der Waals surface area contributed by atoms with Crippen LogP contribution < -0.4 is 24.8 Å². The molecule has 0 unspecified atom stereocenters. The van der Waals surface area contributed by atoms with Gasteiger partial charge in [0, 0.05) is 10.8 Å². The molecular weight excluding hydrogens is 750 g/mol. The van der Waals surface area contributed by atoms with Crippen LogP contribution in [0.3, 0.4) is 0 Å². The van der Waals surface area contributed by atoms with Gasteiger partial charge in [-0.2, -0.15) is 6.08 Å². The Morgan fingerprint density at radius 3 is 1.52 bits per heavy atom. The van der Waals surface area contributed by atoms with Crippen molar-refractivity contribution in [3.05, 3.63) is 159 Å². The number of rotatable bonds is 2. The molecule has 244 valence electrons. The summed E-state index contributed by atoms with van der Waals surface area (Å²) >= 11 is 13.3. The van der Waals surface area contributed by atoms with Crippen molar-refractivity contribution in [1.29, 1.82) is 0 Å². The maximum Gasteiger partial charge on any atom is -0.109 e. The third-order valence-electron chi connectivity index (χ3n) is 9.19. The van der Waals surface area contributed by atoms with Gasteiger partial charge in [0.05, 0.1) is 0 Å². The minimum atomic E-state index is 0. The summed E-state index contributed by atoms with van der Waals surface area (Å²) in [7, 11) is 0. The number of hydrogen-bond donors (Lipinski definition) is 0. The van der Waals surface area contributed by atoms with Crippen molar-refractivity contribution in [2.45, 2.75) is 58.8 Å². The Morgan fingerprint density at radius 1 is 0.708 bits per heavy atom. The fraction of sp³-hybridized carbons (Fsp3) is 0.209. The van der Waals surface area contributed by atoms with E-state index in [1.807, 2.05) is 48.6 Å². The van der Waals surface area contributed by atoms with E-state index >= 15 is 0 Å². The molecule has 3 aliphatic rings. The van der Waals surface area contributed by atoms with E-state index in [0.717, 1.165) is 27.6 Å². The zero-order chi connectivity index (χ0) is 32.8. The minimum Gasteiger partial charge on any atom is -1.00 e. The van der Waals surface area contributed by atoms with Crippen molar-refractivity contribution in [3.8, 4) is 0 Å². The fourth-order valence-electron chi connectivity index (χ4n) is 7.01. The summed E-state index contributed by atoms with van der Waals surface area (Å²) < 4.78 is 1.26. The SMILES string of the molecule is CC1=CC(C)(C)c2cc3[cH-]c4cc5c(cc4c3cc21)C(C)=CC5(C)C.Clc1cccc([C](=[Zr+2])c2cccc(Cl)c2)c1.[C-]1=CC=CC1.[Cl-].[Cl-]. The van der Waals surface area contributed by atoms with Crippen molar-refractivity contribution in [2.24, 2.45) is 0 Å². The molecule has 0 fully saturated rings. The van der Waals surface area contributed by atoms with E-state index < -0.39 is 0 Å². The van der Waals surface area contributed by atoms with Crippen LogP contribution in [0.2, 0.25) is 10.0 Å². The largest absolute Gasteiger partial charge is 1.00 e. The molecule has 0 spiro atoms. The van der Waals surface area contributed by atoms with E-state index in [1.165, 1.54) is 82.4 Å². The second-order valence-electron chi connectivity index (χ2n) is 13.6. The van der Waals surface area contributed by atoms with Crippen LogP contribution in [-0.2, 0) is 35.1 Å². The first-order valence-corrected chi connectivity index (χ1v) is 17.8. The van der Waals surface area contributed by atoms with Gasteiger partial charge in [0.2, 0.25) is 0 Å². The molecule has 0 bridgehead atoms. The molecule has 5 aromatic carbocycles. The van der Waals surface area contributed by atoms with Crippen LogP contribution in [0.25, 0.3) is 32.7 Å². The molecule has 0 heterocycles. The second kappa shape index (κ2) is 15.2. The average molecular weight is 788 g/mol. The Morgan fingerprint density at radius 2 is 1.17 bits per heavy atom. The Kier molecular flexibility index (Phi) is 12.2. The summed E-state index contributed by atoms with van der Waals surface area (Å²) in [5.74, 6) is 0. The standard InChI is InChI=1S/C25H25.C13H8Cl2.C5H5.2ClH.Zr/c1-14-12-24(3,4)22-8-16-7-17-9-23-19(15(2)13-25(23,5)6)11-21(17)20(16)10-18(14)22;14-12-5-1-3-10(8-12)7-11-4-2-6-13(15)9-11;1-2-4-5-3-1;;;/h7-13H,1-6H3;1-6,8-9H;1-3H,4H2;2*1H;/q-1;;-1;;;+2/p-2. The van der Waals surface area contributed by atoms with Crippen LogP contribution in [0, 0.1) is 6.08 Å². The van der Waals surface area contributed by atoms with Crippen molar-refractivity contribution in [1.82, 2.24) is 0 Å². The van der Waals surface area contributed by atoms with Crippen LogP contribution >= 0.6 is 23.2 Å². The van der Waals surface area contributed by atoms with Crippen molar-refractivity contribution in [2.75, 3.05) is 0 Å². The number of allylic oxidation sites excluding steroid dienone is 8. The van der Waals surface area contributed by atoms with Crippen LogP contribution in [0.15, 0.2) is 109 Å². The van der Waals surface area contributed by atoms with Crippen molar-refractivity contribution in [3.63, 3.8) is 0 Å². The topological polar surface area (TPSA) is 0 Å². The third kappa shape index (κ3) is 7.83. The number of hydrogen-bond acceptors (Lipinski definition) is 0. The average Bonchev–Trinajstić information content (AvgIpc) is 3.78. The van der Waals surface area contributed by atoms with E-state index in [0.29, 0.717) is 0 Å². The molecule has 0 aliphatic heterocycles. The molecule has 8 rings (SSSR count). The molecule has 48 heavy (non-hydrogen) atoms.